The van der Waals surface area contributed by atoms with Crippen LogP contribution in [0, 0.1) is 0 Å². The number of hydrogen-bond acceptors (Lipinski definition) is 6. The third kappa shape index (κ3) is 6.89. The zero-order valence-corrected chi connectivity index (χ0v) is 15.9. The van der Waals surface area contributed by atoms with Crippen LogP contribution in [0.1, 0.15) is 38.5 Å². The summed E-state index contributed by atoms with van der Waals surface area (Å²) in [4.78, 5) is 22.8. The van der Waals surface area contributed by atoms with Crippen molar-refractivity contribution in [3.8, 4) is 10.6 Å². The zero-order chi connectivity index (χ0) is 18.1. The highest BCUT2D eigenvalue weighted by molar-refractivity contribution is 9.10. The number of unbranched alkanes of at least 4 members (excludes halogenated alkanes) is 3. The van der Waals surface area contributed by atoms with E-state index in [9.17, 15) is 9.59 Å². The fourth-order valence-electron chi connectivity index (χ4n) is 2.15. The predicted molar refractivity (Wildman–Crippen MR) is 99.3 cm³/mol. The Labute approximate surface area is 157 Å². The van der Waals surface area contributed by atoms with E-state index in [1.165, 1.54) is 11.3 Å². The molecule has 7 nitrogen and oxygen atoms in total. The van der Waals surface area contributed by atoms with Gasteiger partial charge >= 0.3 is 0 Å². The summed E-state index contributed by atoms with van der Waals surface area (Å²) in [6.07, 6.45) is 3.83. The molecule has 2 amide bonds. The molecule has 1 aromatic carbocycles. The minimum absolute atomic E-state index is 0.0911. The fraction of sp³-hybridized carbons (Fsp3) is 0.375. The molecule has 0 radical (unpaired) electrons. The summed E-state index contributed by atoms with van der Waals surface area (Å²) in [5, 5.41) is 20.5. The zero-order valence-electron chi connectivity index (χ0n) is 13.5. The van der Waals surface area contributed by atoms with Crippen molar-refractivity contribution in [3.05, 3.63) is 28.7 Å². The lowest BCUT2D eigenvalue weighted by atomic mass is 10.1. The number of carbonyl (C=O) groups excluding carboxylic acids is 2. The molecule has 0 aliphatic heterocycles. The normalized spacial score (nSPS) is 10.5. The van der Waals surface area contributed by atoms with Crippen LogP contribution in [0.5, 0.6) is 0 Å². The summed E-state index contributed by atoms with van der Waals surface area (Å²) in [5.74, 6) is -0.470. The molecule has 0 saturated heterocycles. The highest BCUT2D eigenvalue weighted by atomic mass is 79.9. The molecule has 0 bridgehead atoms. The van der Waals surface area contributed by atoms with Gasteiger partial charge in [0.25, 0.3) is 0 Å². The van der Waals surface area contributed by atoms with E-state index in [4.69, 9.17) is 5.21 Å². The molecule has 0 aliphatic carbocycles. The van der Waals surface area contributed by atoms with Gasteiger partial charge in [-0.15, -0.1) is 10.2 Å². The number of rotatable bonds is 9. The van der Waals surface area contributed by atoms with Gasteiger partial charge in [0.05, 0.1) is 0 Å². The number of hydroxylamine groups is 1. The summed E-state index contributed by atoms with van der Waals surface area (Å²) in [6, 6.07) is 7.73. The van der Waals surface area contributed by atoms with Gasteiger partial charge in [0.1, 0.15) is 5.01 Å². The standard InChI is InChI=1S/C16H19BrN4O3S/c17-12-9-7-11(8-10-12)15-19-20-16(25-15)18-13(22)5-3-1-2-4-6-14(23)21-24/h7-10,24H,1-6H2,(H,21,23)(H,18,20,22). The van der Waals surface area contributed by atoms with E-state index < -0.39 is 0 Å². The van der Waals surface area contributed by atoms with Crippen LogP contribution in [-0.2, 0) is 9.59 Å². The number of nitrogens with zero attached hydrogens (tertiary/aromatic N) is 2. The van der Waals surface area contributed by atoms with Crippen LogP contribution in [0.25, 0.3) is 10.6 Å². The highest BCUT2D eigenvalue weighted by Crippen LogP contribution is 2.27. The molecule has 0 fully saturated rings. The molecule has 0 atom stereocenters. The van der Waals surface area contributed by atoms with Crippen LogP contribution in [0.2, 0.25) is 0 Å². The van der Waals surface area contributed by atoms with Gasteiger partial charge in [0, 0.05) is 22.9 Å². The number of hydrogen-bond donors (Lipinski definition) is 3. The average molecular weight is 427 g/mol. The minimum Gasteiger partial charge on any atom is -0.301 e. The number of benzene rings is 1. The Balaban J connectivity index is 1.69. The first kappa shape index (κ1) is 19.5. The van der Waals surface area contributed by atoms with Crippen molar-refractivity contribution >= 4 is 44.2 Å². The molecule has 9 heteroatoms. The van der Waals surface area contributed by atoms with E-state index in [1.807, 2.05) is 24.3 Å². The molecule has 1 heterocycles. The van der Waals surface area contributed by atoms with Gasteiger partial charge < -0.3 is 5.32 Å². The van der Waals surface area contributed by atoms with Crippen LogP contribution in [-0.4, -0.2) is 27.2 Å². The lowest BCUT2D eigenvalue weighted by Gasteiger charge is -2.02. The van der Waals surface area contributed by atoms with Crippen LogP contribution in [0.15, 0.2) is 28.7 Å². The lowest BCUT2D eigenvalue weighted by molar-refractivity contribution is -0.129. The van der Waals surface area contributed by atoms with Crippen molar-refractivity contribution in [2.45, 2.75) is 38.5 Å². The summed E-state index contributed by atoms with van der Waals surface area (Å²) in [7, 11) is 0. The van der Waals surface area contributed by atoms with Crippen molar-refractivity contribution < 1.29 is 14.8 Å². The Bertz CT molecular complexity index is 706. The number of halogens is 1. The SMILES string of the molecule is O=C(CCCCCCC(=O)Nc1nnc(-c2ccc(Br)cc2)s1)NO. The first-order valence-electron chi connectivity index (χ1n) is 7.90. The summed E-state index contributed by atoms with van der Waals surface area (Å²) in [5.41, 5.74) is 2.55. The van der Waals surface area contributed by atoms with E-state index in [1.54, 1.807) is 5.48 Å². The minimum atomic E-state index is -0.379. The van der Waals surface area contributed by atoms with Crippen LogP contribution >= 0.6 is 27.3 Å². The maximum Gasteiger partial charge on any atom is 0.243 e. The number of amides is 2. The highest BCUT2D eigenvalue weighted by Gasteiger charge is 2.09. The van der Waals surface area contributed by atoms with Crippen LogP contribution in [0.3, 0.4) is 0 Å². The van der Waals surface area contributed by atoms with Gasteiger partial charge in [-0.1, -0.05) is 52.2 Å². The molecule has 2 rings (SSSR count). The average Bonchev–Trinajstić information content (AvgIpc) is 3.06. The smallest absolute Gasteiger partial charge is 0.243 e. The molecule has 2 aromatic rings. The number of aromatic nitrogens is 2. The molecular weight excluding hydrogens is 408 g/mol. The first-order chi connectivity index (χ1) is 12.1. The van der Waals surface area contributed by atoms with Gasteiger partial charge in [-0.05, 0) is 25.0 Å². The first-order valence-corrected chi connectivity index (χ1v) is 9.51. The quantitative estimate of drug-likeness (QED) is 0.321. The van der Waals surface area contributed by atoms with E-state index >= 15 is 0 Å². The predicted octanol–water partition coefficient (Wildman–Crippen LogP) is 3.75. The van der Waals surface area contributed by atoms with Crippen molar-refractivity contribution in [2.24, 2.45) is 0 Å². The van der Waals surface area contributed by atoms with Crippen molar-refractivity contribution in [2.75, 3.05) is 5.32 Å². The van der Waals surface area contributed by atoms with E-state index in [0.717, 1.165) is 34.3 Å². The Morgan fingerprint density at radius 2 is 1.64 bits per heavy atom. The number of nitrogens with one attached hydrogen (secondary N) is 2. The molecule has 3 N–H and O–H groups in total. The second-order valence-electron chi connectivity index (χ2n) is 5.42. The van der Waals surface area contributed by atoms with Crippen molar-refractivity contribution in [1.29, 1.82) is 0 Å². The van der Waals surface area contributed by atoms with Gasteiger partial charge in [-0.2, -0.15) is 0 Å². The lowest BCUT2D eigenvalue weighted by Crippen LogP contribution is -2.17. The topological polar surface area (TPSA) is 104 Å². The molecule has 25 heavy (non-hydrogen) atoms. The van der Waals surface area contributed by atoms with Crippen LogP contribution < -0.4 is 10.8 Å². The Morgan fingerprint density at radius 1 is 1.00 bits per heavy atom. The summed E-state index contributed by atoms with van der Waals surface area (Å²) >= 11 is 4.72. The molecule has 0 saturated carbocycles. The monoisotopic (exact) mass is 426 g/mol. The molecule has 0 aliphatic rings. The van der Waals surface area contributed by atoms with Gasteiger partial charge in [-0.3, -0.25) is 14.8 Å². The van der Waals surface area contributed by atoms with E-state index in [0.29, 0.717) is 24.4 Å². The van der Waals surface area contributed by atoms with Crippen molar-refractivity contribution in [3.63, 3.8) is 0 Å². The summed E-state index contributed by atoms with van der Waals surface area (Å²) in [6.45, 7) is 0. The Kier molecular flexibility index (Phi) is 7.96. The summed E-state index contributed by atoms with van der Waals surface area (Å²) < 4.78 is 0.992. The maximum absolute atomic E-state index is 11.9. The van der Waals surface area contributed by atoms with Crippen molar-refractivity contribution in [1.82, 2.24) is 15.7 Å². The number of carbonyl (C=O) groups is 2. The Morgan fingerprint density at radius 3 is 2.28 bits per heavy atom. The second kappa shape index (κ2) is 10.2. The molecule has 0 unspecified atom stereocenters. The third-order valence-electron chi connectivity index (χ3n) is 3.44. The van der Waals surface area contributed by atoms with E-state index in [2.05, 4.69) is 31.4 Å². The molecular formula is C16H19BrN4O3S. The molecule has 0 spiro atoms. The second-order valence-corrected chi connectivity index (χ2v) is 7.31. The molecule has 1 aromatic heterocycles. The van der Waals surface area contributed by atoms with E-state index in [-0.39, 0.29) is 11.8 Å². The van der Waals surface area contributed by atoms with Gasteiger partial charge in [0.2, 0.25) is 16.9 Å². The van der Waals surface area contributed by atoms with Gasteiger partial charge in [-0.25, -0.2) is 5.48 Å². The largest absolute Gasteiger partial charge is 0.301 e. The van der Waals surface area contributed by atoms with Crippen LogP contribution in [0.4, 0.5) is 5.13 Å². The Hall–Kier alpha value is -1.84. The molecule has 134 valence electrons. The van der Waals surface area contributed by atoms with Gasteiger partial charge in [0.15, 0.2) is 0 Å². The fourth-order valence-corrected chi connectivity index (χ4v) is 3.17. The number of anilines is 1. The third-order valence-corrected chi connectivity index (χ3v) is 4.86. The maximum atomic E-state index is 11.9.